The topological polar surface area (TPSA) is 56.2 Å². The summed E-state index contributed by atoms with van der Waals surface area (Å²) in [6.45, 7) is 1.94. The SMILES string of the molecule is CCCc1cc(-c2ccc(C(F)(F)F)cc2)oc(=O)c1N. The van der Waals surface area contributed by atoms with Crippen molar-refractivity contribution in [2.24, 2.45) is 0 Å². The Kier molecular flexibility index (Phi) is 4.06. The molecule has 0 aliphatic carbocycles. The fraction of sp³-hybridized carbons (Fsp3) is 0.267. The third kappa shape index (κ3) is 3.26. The van der Waals surface area contributed by atoms with Crippen molar-refractivity contribution < 1.29 is 17.6 Å². The molecule has 2 N–H and O–H groups in total. The second kappa shape index (κ2) is 5.63. The lowest BCUT2D eigenvalue weighted by atomic mass is 10.1. The highest BCUT2D eigenvalue weighted by Crippen LogP contribution is 2.31. The molecule has 0 fully saturated rings. The Bertz CT molecular complexity index is 688. The lowest BCUT2D eigenvalue weighted by Gasteiger charge is -2.09. The van der Waals surface area contributed by atoms with Crippen molar-refractivity contribution >= 4 is 5.69 Å². The van der Waals surface area contributed by atoms with Gasteiger partial charge in [0.15, 0.2) is 0 Å². The predicted molar refractivity (Wildman–Crippen MR) is 73.8 cm³/mol. The normalized spacial score (nSPS) is 11.6. The van der Waals surface area contributed by atoms with Crippen LogP contribution in [0, 0.1) is 0 Å². The minimum Gasteiger partial charge on any atom is -0.421 e. The molecule has 3 nitrogen and oxygen atoms in total. The van der Waals surface area contributed by atoms with Crippen LogP contribution in [0.25, 0.3) is 11.3 Å². The van der Waals surface area contributed by atoms with Crippen molar-refractivity contribution in [3.63, 3.8) is 0 Å². The Balaban J connectivity index is 2.45. The molecule has 6 heteroatoms. The molecular weight excluding hydrogens is 283 g/mol. The first-order valence-electron chi connectivity index (χ1n) is 6.43. The molecule has 0 radical (unpaired) electrons. The molecule has 21 heavy (non-hydrogen) atoms. The van der Waals surface area contributed by atoms with Crippen LogP contribution in [0.2, 0.25) is 0 Å². The number of nitrogen functional groups attached to an aromatic ring is 1. The lowest BCUT2D eigenvalue weighted by Crippen LogP contribution is -2.11. The number of nitrogens with two attached hydrogens (primary N) is 1. The average Bonchev–Trinajstić information content (AvgIpc) is 2.43. The summed E-state index contributed by atoms with van der Waals surface area (Å²) in [5.74, 6) is 0.214. The molecule has 1 aromatic heterocycles. The van der Waals surface area contributed by atoms with E-state index in [1.54, 1.807) is 6.07 Å². The molecule has 1 aromatic carbocycles. The number of alkyl halides is 3. The number of halogens is 3. The van der Waals surface area contributed by atoms with Gasteiger partial charge in [0.1, 0.15) is 11.4 Å². The number of anilines is 1. The fourth-order valence-corrected chi connectivity index (χ4v) is 1.99. The zero-order valence-corrected chi connectivity index (χ0v) is 11.3. The van der Waals surface area contributed by atoms with Gasteiger partial charge in [-0.2, -0.15) is 13.2 Å². The highest BCUT2D eigenvalue weighted by Gasteiger charge is 2.30. The summed E-state index contributed by atoms with van der Waals surface area (Å²) in [5, 5.41) is 0. The summed E-state index contributed by atoms with van der Waals surface area (Å²) in [6, 6.07) is 6.04. The van der Waals surface area contributed by atoms with Crippen LogP contribution in [0.3, 0.4) is 0 Å². The molecule has 2 rings (SSSR count). The van der Waals surface area contributed by atoms with Gasteiger partial charge in [0, 0.05) is 5.56 Å². The third-order valence-electron chi connectivity index (χ3n) is 3.09. The van der Waals surface area contributed by atoms with E-state index < -0.39 is 17.4 Å². The fourth-order valence-electron chi connectivity index (χ4n) is 1.99. The maximum atomic E-state index is 12.5. The Morgan fingerprint density at radius 3 is 2.33 bits per heavy atom. The van der Waals surface area contributed by atoms with Gasteiger partial charge in [0.05, 0.1) is 5.56 Å². The van der Waals surface area contributed by atoms with Crippen molar-refractivity contribution in [1.82, 2.24) is 0 Å². The first-order valence-corrected chi connectivity index (χ1v) is 6.43. The van der Waals surface area contributed by atoms with Crippen LogP contribution in [0.4, 0.5) is 18.9 Å². The minimum absolute atomic E-state index is 0.0486. The summed E-state index contributed by atoms with van der Waals surface area (Å²) < 4.78 is 42.6. The minimum atomic E-state index is -4.39. The molecule has 0 spiro atoms. The summed E-state index contributed by atoms with van der Waals surface area (Å²) in [7, 11) is 0. The van der Waals surface area contributed by atoms with E-state index in [-0.39, 0.29) is 11.4 Å². The molecule has 0 aliphatic rings. The van der Waals surface area contributed by atoms with Crippen molar-refractivity contribution in [1.29, 1.82) is 0 Å². The second-order valence-electron chi connectivity index (χ2n) is 4.66. The maximum absolute atomic E-state index is 12.5. The largest absolute Gasteiger partial charge is 0.421 e. The van der Waals surface area contributed by atoms with E-state index >= 15 is 0 Å². The molecule has 0 unspecified atom stereocenters. The summed E-state index contributed by atoms with van der Waals surface area (Å²) in [6.07, 6.45) is -3.00. The van der Waals surface area contributed by atoms with Gasteiger partial charge in [-0.05, 0) is 30.2 Å². The van der Waals surface area contributed by atoms with Crippen molar-refractivity contribution in [3.05, 3.63) is 51.9 Å². The van der Waals surface area contributed by atoms with Gasteiger partial charge >= 0.3 is 11.8 Å². The number of hydrogen-bond acceptors (Lipinski definition) is 3. The van der Waals surface area contributed by atoms with E-state index in [1.807, 2.05) is 6.92 Å². The van der Waals surface area contributed by atoms with Gasteiger partial charge in [-0.1, -0.05) is 25.5 Å². The number of hydrogen-bond donors (Lipinski definition) is 1. The number of benzene rings is 1. The van der Waals surface area contributed by atoms with Gasteiger partial charge in [0.2, 0.25) is 0 Å². The highest BCUT2D eigenvalue weighted by atomic mass is 19.4. The Morgan fingerprint density at radius 2 is 1.81 bits per heavy atom. The molecule has 0 atom stereocenters. The van der Waals surface area contributed by atoms with Crippen LogP contribution in [-0.2, 0) is 12.6 Å². The van der Waals surface area contributed by atoms with E-state index in [4.69, 9.17) is 10.2 Å². The molecule has 0 amide bonds. The van der Waals surface area contributed by atoms with E-state index in [0.717, 1.165) is 18.6 Å². The van der Waals surface area contributed by atoms with Gasteiger partial charge in [-0.3, -0.25) is 0 Å². The summed E-state index contributed by atoms with van der Waals surface area (Å²) in [5.41, 5.74) is 5.31. The molecular formula is C15H14F3NO2. The van der Waals surface area contributed by atoms with Crippen LogP contribution >= 0.6 is 0 Å². The van der Waals surface area contributed by atoms with E-state index in [9.17, 15) is 18.0 Å². The Labute approximate surface area is 119 Å². The number of aryl methyl sites for hydroxylation is 1. The van der Waals surface area contributed by atoms with Gasteiger partial charge in [-0.15, -0.1) is 0 Å². The third-order valence-corrected chi connectivity index (χ3v) is 3.09. The quantitative estimate of drug-likeness (QED) is 0.936. The van der Waals surface area contributed by atoms with E-state index in [2.05, 4.69) is 0 Å². The Hall–Kier alpha value is -2.24. The van der Waals surface area contributed by atoms with Crippen LogP contribution in [0.5, 0.6) is 0 Å². The monoisotopic (exact) mass is 297 g/mol. The van der Waals surface area contributed by atoms with Crippen LogP contribution < -0.4 is 11.4 Å². The first-order chi connectivity index (χ1) is 9.82. The molecule has 0 aliphatic heterocycles. The smallest absolute Gasteiger partial charge is 0.416 e. The van der Waals surface area contributed by atoms with Crippen LogP contribution in [-0.4, -0.2) is 0 Å². The Morgan fingerprint density at radius 1 is 1.19 bits per heavy atom. The van der Waals surface area contributed by atoms with Gasteiger partial charge in [0.25, 0.3) is 0 Å². The zero-order valence-electron chi connectivity index (χ0n) is 11.3. The summed E-state index contributed by atoms with van der Waals surface area (Å²) >= 11 is 0. The molecule has 0 saturated carbocycles. The van der Waals surface area contributed by atoms with Crippen LogP contribution in [0.15, 0.2) is 39.5 Å². The van der Waals surface area contributed by atoms with Gasteiger partial charge < -0.3 is 10.2 Å². The molecule has 112 valence electrons. The standard InChI is InChI=1S/C15H14F3NO2/c1-2-3-10-8-12(21-14(20)13(10)19)9-4-6-11(7-5-9)15(16,17)18/h4-8H,2-3,19H2,1H3. The maximum Gasteiger partial charge on any atom is 0.416 e. The highest BCUT2D eigenvalue weighted by molar-refractivity contribution is 5.61. The molecule has 1 heterocycles. The molecule has 2 aromatic rings. The predicted octanol–water partition coefficient (Wildman–Crippen LogP) is 3.86. The van der Waals surface area contributed by atoms with Crippen molar-refractivity contribution in [3.8, 4) is 11.3 Å². The zero-order chi connectivity index (χ0) is 15.6. The van der Waals surface area contributed by atoms with Crippen LogP contribution in [0.1, 0.15) is 24.5 Å². The molecule has 0 saturated heterocycles. The summed E-state index contributed by atoms with van der Waals surface area (Å²) in [4.78, 5) is 11.7. The lowest BCUT2D eigenvalue weighted by molar-refractivity contribution is -0.137. The number of rotatable bonds is 3. The second-order valence-corrected chi connectivity index (χ2v) is 4.66. The van der Waals surface area contributed by atoms with E-state index in [1.165, 1.54) is 12.1 Å². The van der Waals surface area contributed by atoms with Crippen molar-refractivity contribution in [2.75, 3.05) is 5.73 Å². The molecule has 0 bridgehead atoms. The van der Waals surface area contributed by atoms with Gasteiger partial charge in [-0.25, -0.2) is 4.79 Å². The average molecular weight is 297 g/mol. The van der Waals surface area contributed by atoms with Crippen molar-refractivity contribution in [2.45, 2.75) is 25.9 Å². The first kappa shape index (κ1) is 15.2. The van der Waals surface area contributed by atoms with E-state index in [0.29, 0.717) is 17.5 Å².